The van der Waals surface area contributed by atoms with E-state index >= 15 is 0 Å². The van der Waals surface area contributed by atoms with Crippen LogP contribution in [0.2, 0.25) is 0 Å². The Morgan fingerprint density at radius 1 is 1.32 bits per heavy atom. The van der Waals surface area contributed by atoms with Gasteiger partial charge in [0.1, 0.15) is 18.4 Å². The first-order valence-electron chi connectivity index (χ1n) is 10.7. The number of carbonyl (C=O) groups excluding carboxylic acids is 2. The zero-order valence-corrected chi connectivity index (χ0v) is 18.6. The smallest absolute Gasteiger partial charge is 0.242 e. The minimum atomic E-state index is -0.573. The Kier molecular flexibility index (Phi) is 8.73. The van der Waals surface area contributed by atoms with E-state index in [-0.39, 0.29) is 30.8 Å². The van der Waals surface area contributed by atoms with Crippen LogP contribution in [0.3, 0.4) is 0 Å². The lowest BCUT2D eigenvalue weighted by Crippen LogP contribution is -2.50. The van der Waals surface area contributed by atoms with Crippen LogP contribution >= 0.6 is 11.8 Å². The van der Waals surface area contributed by atoms with Crippen LogP contribution in [0.4, 0.5) is 0 Å². The molecule has 0 aliphatic carbocycles. The molecule has 3 rings (SSSR count). The standard InChI is InChI=1S/C23H30N4O3S/c1-16-15-30-21-8-3-2-6-19(21)17-12-18(14-25-13-17)31-11-5-4-7-20(23(29)26-16)27-22(28)9-10-24/h2-3,6,8,12-14,16,20H,4-5,7,9-11,15,24H2,1H3,(H,26,29)(H,27,28)/t16-,20+/m1/s1. The molecule has 1 aromatic carbocycles. The van der Waals surface area contributed by atoms with E-state index in [4.69, 9.17) is 10.5 Å². The van der Waals surface area contributed by atoms with E-state index in [1.807, 2.05) is 43.6 Å². The number of hydrogen-bond donors (Lipinski definition) is 3. The van der Waals surface area contributed by atoms with Gasteiger partial charge < -0.3 is 21.1 Å². The molecule has 1 aliphatic rings. The number of nitrogens with one attached hydrogen (secondary N) is 2. The molecule has 166 valence electrons. The summed E-state index contributed by atoms with van der Waals surface area (Å²) in [6.45, 7) is 2.46. The number of nitrogens with two attached hydrogens (primary N) is 1. The van der Waals surface area contributed by atoms with E-state index in [1.54, 1.807) is 11.8 Å². The van der Waals surface area contributed by atoms with Crippen molar-refractivity contribution < 1.29 is 14.3 Å². The van der Waals surface area contributed by atoms with Gasteiger partial charge in [-0.2, -0.15) is 0 Å². The van der Waals surface area contributed by atoms with Crippen LogP contribution in [0.5, 0.6) is 5.75 Å². The van der Waals surface area contributed by atoms with Gasteiger partial charge in [-0.25, -0.2) is 0 Å². The van der Waals surface area contributed by atoms with Crippen LogP contribution in [0.25, 0.3) is 11.1 Å². The van der Waals surface area contributed by atoms with Gasteiger partial charge >= 0.3 is 0 Å². The highest BCUT2D eigenvalue weighted by Gasteiger charge is 2.22. The molecule has 2 amide bonds. The van der Waals surface area contributed by atoms with Gasteiger partial charge in [0, 0.05) is 41.4 Å². The number of nitrogens with zero attached hydrogens (tertiary/aromatic N) is 1. The van der Waals surface area contributed by atoms with Gasteiger partial charge in [0.25, 0.3) is 0 Å². The van der Waals surface area contributed by atoms with E-state index in [1.165, 1.54) is 0 Å². The predicted octanol–water partition coefficient (Wildman–Crippen LogP) is 2.74. The summed E-state index contributed by atoms with van der Waals surface area (Å²) in [5.74, 6) is 1.26. The van der Waals surface area contributed by atoms with Crippen molar-refractivity contribution in [2.75, 3.05) is 18.9 Å². The van der Waals surface area contributed by atoms with Crippen LogP contribution in [0.15, 0.2) is 47.6 Å². The van der Waals surface area contributed by atoms with Crippen molar-refractivity contribution in [3.05, 3.63) is 42.7 Å². The average molecular weight is 443 g/mol. The monoisotopic (exact) mass is 442 g/mol. The van der Waals surface area contributed by atoms with E-state index < -0.39 is 6.04 Å². The molecule has 0 unspecified atom stereocenters. The fraction of sp³-hybridized carbons (Fsp3) is 0.435. The number of ether oxygens (including phenoxy) is 1. The Hall–Kier alpha value is -2.58. The molecule has 0 fully saturated rings. The minimum Gasteiger partial charge on any atom is -0.491 e. The lowest BCUT2D eigenvalue weighted by atomic mass is 10.1. The third-order valence-corrected chi connectivity index (χ3v) is 6.02. The van der Waals surface area contributed by atoms with Crippen molar-refractivity contribution in [2.45, 2.75) is 49.6 Å². The van der Waals surface area contributed by atoms with E-state index in [0.717, 1.165) is 40.4 Å². The molecule has 4 N–H and O–H groups in total. The Balaban J connectivity index is 1.79. The second-order valence-electron chi connectivity index (χ2n) is 7.63. The lowest BCUT2D eigenvalue weighted by Gasteiger charge is -2.22. The zero-order chi connectivity index (χ0) is 22.1. The third kappa shape index (κ3) is 6.97. The summed E-state index contributed by atoms with van der Waals surface area (Å²) >= 11 is 1.74. The molecule has 2 bridgehead atoms. The Morgan fingerprint density at radius 3 is 3.00 bits per heavy atom. The van der Waals surface area contributed by atoms with Crippen molar-refractivity contribution in [3.63, 3.8) is 0 Å². The molecule has 0 radical (unpaired) electrons. The van der Waals surface area contributed by atoms with Crippen LogP contribution in [0.1, 0.15) is 32.6 Å². The van der Waals surface area contributed by atoms with Crippen LogP contribution < -0.4 is 21.1 Å². The molecule has 7 nitrogen and oxygen atoms in total. The summed E-state index contributed by atoms with van der Waals surface area (Å²) in [7, 11) is 0. The Morgan fingerprint density at radius 2 is 2.16 bits per heavy atom. The molecule has 2 atom stereocenters. The van der Waals surface area contributed by atoms with Crippen molar-refractivity contribution in [1.29, 1.82) is 0 Å². The van der Waals surface area contributed by atoms with Crippen molar-refractivity contribution >= 4 is 23.6 Å². The molecule has 0 saturated heterocycles. The summed E-state index contributed by atoms with van der Waals surface area (Å²) in [6.07, 6.45) is 6.26. The first-order chi connectivity index (χ1) is 15.1. The summed E-state index contributed by atoms with van der Waals surface area (Å²) < 4.78 is 6.05. The Labute approximate surface area is 187 Å². The number of thioether (sulfide) groups is 1. The highest BCUT2D eigenvalue weighted by Crippen LogP contribution is 2.32. The second-order valence-corrected chi connectivity index (χ2v) is 8.80. The number of amides is 2. The molecule has 8 heteroatoms. The summed E-state index contributed by atoms with van der Waals surface area (Å²) in [5.41, 5.74) is 7.44. The number of hydrogen-bond acceptors (Lipinski definition) is 6. The van der Waals surface area contributed by atoms with Gasteiger partial charge in [-0.05, 0) is 37.7 Å². The van der Waals surface area contributed by atoms with Gasteiger partial charge in [0.15, 0.2) is 0 Å². The van der Waals surface area contributed by atoms with Crippen LogP contribution in [-0.4, -0.2) is 47.8 Å². The van der Waals surface area contributed by atoms with E-state index in [2.05, 4.69) is 21.7 Å². The maximum Gasteiger partial charge on any atom is 0.242 e. The summed E-state index contributed by atoms with van der Waals surface area (Å²) in [5, 5.41) is 5.79. The fourth-order valence-corrected chi connectivity index (χ4v) is 4.31. The number of benzene rings is 1. The van der Waals surface area contributed by atoms with E-state index in [9.17, 15) is 9.59 Å². The normalized spacial score (nSPS) is 20.1. The number of rotatable bonds is 3. The largest absolute Gasteiger partial charge is 0.491 e. The number of pyridine rings is 1. The van der Waals surface area contributed by atoms with Gasteiger partial charge in [-0.3, -0.25) is 14.6 Å². The molecule has 2 aromatic rings. The summed E-state index contributed by atoms with van der Waals surface area (Å²) in [6, 6.07) is 9.17. The number of fused-ring (bicyclic) bond motifs is 4. The van der Waals surface area contributed by atoms with Crippen LogP contribution in [-0.2, 0) is 9.59 Å². The van der Waals surface area contributed by atoms with Crippen molar-refractivity contribution in [2.24, 2.45) is 5.73 Å². The minimum absolute atomic E-state index is 0.191. The number of carbonyl (C=O) groups is 2. The van der Waals surface area contributed by atoms with Gasteiger partial charge in [-0.1, -0.05) is 24.6 Å². The molecule has 0 saturated carbocycles. The summed E-state index contributed by atoms with van der Waals surface area (Å²) in [4.78, 5) is 30.3. The zero-order valence-electron chi connectivity index (χ0n) is 17.8. The average Bonchev–Trinajstić information content (AvgIpc) is 2.76. The fourth-order valence-electron chi connectivity index (χ4n) is 3.38. The van der Waals surface area contributed by atoms with Crippen molar-refractivity contribution in [1.82, 2.24) is 15.6 Å². The quantitative estimate of drug-likeness (QED) is 0.675. The van der Waals surface area contributed by atoms with Crippen LogP contribution in [0, 0.1) is 0 Å². The molecule has 2 heterocycles. The first-order valence-corrected chi connectivity index (χ1v) is 11.6. The highest BCUT2D eigenvalue weighted by atomic mass is 32.2. The molecule has 0 spiro atoms. The third-order valence-electron chi connectivity index (χ3n) is 4.97. The maximum atomic E-state index is 12.8. The SMILES string of the molecule is C[C@@H]1COc2ccccc2-c2cncc(c2)SCCCC[C@H](NC(=O)CCN)C(=O)N1. The molecular formula is C23H30N4O3S. The maximum absolute atomic E-state index is 12.8. The lowest BCUT2D eigenvalue weighted by molar-refractivity contribution is -0.129. The predicted molar refractivity (Wildman–Crippen MR) is 123 cm³/mol. The topological polar surface area (TPSA) is 106 Å². The molecular weight excluding hydrogens is 412 g/mol. The molecule has 1 aromatic heterocycles. The number of aromatic nitrogens is 1. The van der Waals surface area contributed by atoms with Gasteiger partial charge in [0.2, 0.25) is 11.8 Å². The number of para-hydroxylation sites is 1. The molecule has 1 aliphatic heterocycles. The second kappa shape index (κ2) is 11.7. The van der Waals surface area contributed by atoms with Gasteiger partial charge in [-0.15, -0.1) is 11.8 Å². The van der Waals surface area contributed by atoms with E-state index in [0.29, 0.717) is 13.0 Å². The first kappa shape index (κ1) is 23.1. The van der Waals surface area contributed by atoms with Gasteiger partial charge in [0.05, 0.1) is 6.04 Å². The van der Waals surface area contributed by atoms with Crippen molar-refractivity contribution in [3.8, 4) is 16.9 Å². The Bertz CT molecular complexity index is 893. The highest BCUT2D eigenvalue weighted by molar-refractivity contribution is 7.99. The molecule has 31 heavy (non-hydrogen) atoms.